The van der Waals surface area contributed by atoms with Crippen LogP contribution in [0.25, 0.3) is 5.69 Å². The van der Waals surface area contributed by atoms with Gasteiger partial charge in [-0.05, 0) is 64.3 Å². The molecule has 1 aromatic heterocycles. The summed E-state index contributed by atoms with van der Waals surface area (Å²) in [5, 5.41) is 15.2. The largest absolute Gasteiger partial charge is 0.573 e. The molecule has 1 N–H and O–H groups in total. The summed E-state index contributed by atoms with van der Waals surface area (Å²) in [4.78, 5) is 17.8. The van der Waals surface area contributed by atoms with Crippen LogP contribution in [0.4, 0.5) is 13.2 Å². The SMILES string of the molecule is Cc1nn(-c2cccc(OC(F)(F)F)c2)c(C2CC2)c1C(=O)N1CC[C@@H](O)[C@H](N2CCCC2)C1. The fraction of sp³-hybridized carbons (Fsp3) is 0.583. The molecule has 10 heteroatoms. The van der Waals surface area contributed by atoms with Gasteiger partial charge in [-0.15, -0.1) is 13.2 Å². The van der Waals surface area contributed by atoms with Crippen LogP contribution in [-0.4, -0.2) is 75.3 Å². The fourth-order valence-electron chi connectivity index (χ4n) is 5.25. The van der Waals surface area contributed by atoms with E-state index in [1.807, 2.05) is 0 Å². The van der Waals surface area contributed by atoms with E-state index in [-0.39, 0.29) is 23.6 Å². The number of aliphatic hydroxyl groups is 1. The lowest BCUT2D eigenvalue weighted by Gasteiger charge is -2.40. The van der Waals surface area contributed by atoms with Gasteiger partial charge in [-0.1, -0.05) is 6.07 Å². The van der Waals surface area contributed by atoms with Crippen LogP contribution in [0.1, 0.15) is 59.8 Å². The highest BCUT2D eigenvalue weighted by Gasteiger charge is 2.40. The molecule has 0 spiro atoms. The predicted octanol–water partition coefficient (Wildman–Crippen LogP) is 3.63. The number of nitrogens with zero attached hydrogens (tertiary/aromatic N) is 4. The van der Waals surface area contributed by atoms with E-state index in [1.165, 1.54) is 18.2 Å². The minimum Gasteiger partial charge on any atom is -0.406 e. The van der Waals surface area contributed by atoms with Gasteiger partial charge < -0.3 is 14.7 Å². The van der Waals surface area contributed by atoms with Crippen LogP contribution in [0.3, 0.4) is 0 Å². The standard InChI is InChI=1S/C24H29F3N4O3/c1-15-21(23(33)30-12-9-20(32)19(14-30)29-10-2-3-11-29)22(16-7-8-16)31(28-15)17-5-4-6-18(13-17)34-24(25,26)27/h4-6,13,16,19-20,32H,2-3,7-12,14H2,1H3/t19-,20-/m1/s1. The molecule has 2 aliphatic heterocycles. The number of likely N-dealkylation sites (tertiary alicyclic amines) is 2. The smallest absolute Gasteiger partial charge is 0.406 e. The highest BCUT2D eigenvalue weighted by Crippen LogP contribution is 2.44. The second-order valence-corrected chi connectivity index (χ2v) is 9.49. The molecule has 34 heavy (non-hydrogen) atoms. The molecule has 5 rings (SSSR count). The number of carbonyl (C=O) groups is 1. The third-order valence-electron chi connectivity index (χ3n) is 7.01. The summed E-state index contributed by atoms with van der Waals surface area (Å²) in [6.45, 7) is 4.56. The molecule has 2 saturated heterocycles. The van der Waals surface area contributed by atoms with Gasteiger partial charge in [0.15, 0.2) is 0 Å². The van der Waals surface area contributed by atoms with E-state index in [4.69, 9.17) is 0 Å². The summed E-state index contributed by atoms with van der Waals surface area (Å²) in [6.07, 6.45) is -0.707. The maximum absolute atomic E-state index is 13.7. The monoisotopic (exact) mass is 478 g/mol. The van der Waals surface area contributed by atoms with E-state index in [1.54, 1.807) is 22.6 Å². The van der Waals surface area contributed by atoms with Crippen LogP contribution in [0, 0.1) is 6.92 Å². The fourth-order valence-corrected chi connectivity index (χ4v) is 5.25. The second-order valence-electron chi connectivity index (χ2n) is 9.49. The summed E-state index contributed by atoms with van der Waals surface area (Å²) in [6, 6.07) is 5.61. The van der Waals surface area contributed by atoms with Crippen molar-refractivity contribution in [1.29, 1.82) is 0 Å². The minimum absolute atomic E-state index is 0.0730. The van der Waals surface area contributed by atoms with Crippen molar-refractivity contribution in [3.05, 3.63) is 41.2 Å². The van der Waals surface area contributed by atoms with Gasteiger partial charge in [-0.2, -0.15) is 5.10 Å². The molecule has 3 heterocycles. The van der Waals surface area contributed by atoms with Crippen LogP contribution in [0.2, 0.25) is 0 Å². The molecule has 7 nitrogen and oxygen atoms in total. The summed E-state index contributed by atoms with van der Waals surface area (Å²) in [7, 11) is 0. The van der Waals surface area contributed by atoms with Crippen LogP contribution >= 0.6 is 0 Å². The van der Waals surface area contributed by atoms with Crippen molar-refractivity contribution in [1.82, 2.24) is 19.6 Å². The van der Waals surface area contributed by atoms with Gasteiger partial charge in [0.2, 0.25) is 0 Å². The Kier molecular flexibility index (Phi) is 6.05. The number of benzene rings is 1. The Bertz CT molecular complexity index is 1060. The molecule has 1 amide bonds. The summed E-state index contributed by atoms with van der Waals surface area (Å²) in [5.41, 5.74) is 2.25. The first-order valence-corrected chi connectivity index (χ1v) is 11.9. The lowest BCUT2D eigenvalue weighted by molar-refractivity contribution is -0.274. The topological polar surface area (TPSA) is 70.8 Å². The van der Waals surface area contributed by atoms with Crippen LogP contribution < -0.4 is 4.74 Å². The average Bonchev–Trinajstić information content (AvgIpc) is 3.35. The number of carbonyl (C=O) groups excluding carboxylic acids is 1. The van der Waals surface area contributed by atoms with E-state index in [9.17, 15) is 23.1 Å². The molecule has 1 aromatic carbocycles. The third kappa shape index (κ3) is 4.65. The molecular weight excluding hydrogens is 449 g/mol. The number of hydrogen-bond acceptors (Lipinski definition) is 5. The molecule has 3 fully saturated rings. The van der Waals surface area contributed by atoms with Crippen molar-refractivity contribution in [2.45, 2.75) is 63.5 Å². The molecule has 2 aromatic rings. The van der Waals surface area contributed by atoms with Crippen LogP contribution in [0.15, 0.2) is 24.3 Å². The van der Waals surface area contributed by atoms with E-state index >= 15 is 0 Å². The third-order valence-corrected chi connectivity index (χ3v) is 7.01. The van der Waals surface area contributed by atoms with Crippen molar-refractivity contribution in [2.75, 3.05) is 26.2 Å². The van der Waals surface area contributed by atoms with Gasteiger partial charge in [0.25, 0.3) is 5.91 Å². The zero-order valence-electron chi connectivity index (χ0n) is 19.1. The number of aliphatic hydroxyl groups excluding tert-OH is 1. The minimum atomic E-state index is -4.79. The lowest BCUT2D eigenvalue weighted by atomic mass is 9.99. The first-order valence-electron chi connectivity index (χ1n) is 11.9. The van der Waals surface area contributed by atoms with Crippen molar-refractivity contribution >= 4 is 5.91 Å². The Balaban J connectivity index is 1.45. The molecule has 2 atom stereocenters. The van der Waals surface area contributed by atoms with E-state index in [0.717, 1.165) is 44.5 Å². The quantitative estimate of drug-likeness (QED) is 0.711. The highest BCUT2D eigenvalue weighted by molar-refractivity contribution is 5.97. The first kappa shape index (κ1) is 23.2. The number of hydrogen-bond donors (Lipinski definition) is 1. The first-order chi connectivity index (χ1) is 16.2. The molecule has 0 radical (unpaired) electrons. The average molecular weight is 479 g/mol. The molecule has 1 saturated carbocycles. The van der Waals surface area contributed by atoms with Gasteiger partial charge in [0, 0.05) is 25.1 Å². The molecule has 3 aliphatic rings. The van der Waals surface area contributed by atoms with Crippen molar-refractivity contribution in [3.8, 4) is 11.4 Å². The van der Waals surface area contributed by atoms with E-state index < -0.39 is 12.5 Å². The maximum Gasteiger partial charge on any atom is 0.573 e. The van der Waals surface area contributed by atoms with E-state index in [0.29, 0.717) is 36.5 Å². The normalized spacial score (nSPS) is 24.0. The van der Waals surface area contributed by atoms with Gasteiger partial charge >= 0.3 is 6.36 Å². The number of amides is 1. The predicted molar refractivity (Wildman–Crippen MR) is 118 cm³/mol. The van der Waals surface area contributed by atoms with Gasteiger partial charge in [-0.3, -0.25) is 9.69 Å². The molecule has 0 unspecified atom stereocenters. The Labute approximate surface area is 196 Å². The van der Waals surface area contributed by atoms with E-state index in [2.05, 4.69) is 14.7 Å². The van der Waals surface area contributed by atoms with Crippen molar-refractivity contribution in [2.24, 2.45) is 0 Å². The Morgan fingerprint density at radius 3 is 2.56 bits per heavy atom. The van der Waals surface area contributed by atoms with Crippen molar-refractivity contribution in [3.63, 3.8) is 0 Å². The number of alkyl halides is 3. The number of halogens is 3. The van der Waals surface area contributed by atoms with Gasteiger partial charge in [-0.25, -0.2) is 4.68 Å². The Morgan fingerprint density at radius 1 is 1.15 bits per heavy atom. The molecule has 184 valence electrons. The number of piperidine rings is 1. The zero-order valence-corrected chi connectivity index (χ0v) is 19.1. The van der Waals surface area contributed by atoms with Crippen molar-refractivity contribution < 1.29 is 27.8 Å². The Hall–Kier alpha value is -2.59. The van der Waals surface area contributed by atoms with Gasteiger partial charge in [0.05, 0.1) is 34.8 Å². The zero-order chi connectivity index (χ0) is 24.0. The van der Waals surface area contributed by atoms with Gasteiger partial charge in [0.1, 0.15) is 5.75 Å². The number of aryl methyl sites for hydroxylation is 1. The molecule has 1 aliphatic carbocycles. The lowest BCUT2D eigenvalue weighted by Crippen LogP contribution is -2.55. The summed E-state index contributed by atoms with van der Waals surface area (Å²) in [5.74, 6) is -0.312. The molecule has 0 bridgehead atoms. The maximum atomic E-state index is 13.7. The summed E-state index contributed by atoms with van der Waals surface area (Å²) >= 11 is 0. The van der Waals surface area contributed by atoms with Crippen LogP contribution in [0.5, 0.6) is 5.75 Å². The second kappa shape index (κ2) is 8.88. The summed E-state index contributed by atoms with van der Waals surface area (Å²) < 4.78 is 43.9. The number of rotatable bonds is 5. The highest BCUT2D eigenvalue weighted by atomic mass is 19.4. The van der Waals surface area contributed by atoms with Crippen LogP contribution in [-0.2, 0) is 0 Å². The number of ether oxygens (including phenoxy) is 1. The number of aromatic nitrogens is 2. The molecular formula is C24H29F3N4O3. The Morgan fingerprint density at radius 2 is 1.88 bits per heavy atom.